The molecule has 0 saturated carbocycles. The van der Waals surface area contributed by atoms with Gasteiger partial charge in [0.05, 0.1) is 12.2 Å². The first-order chi connectivity index (χ1) is 9.04. The van der Waals surface area contributed by atoms with Crippen molar-refractivity contribution < 1.29 is 8.78 Å². The van der Waals surface area contributed by atoms with E-state index in [1.165, 1.54) is 29.1 Å². The monoisotopic (exact) mass is 267 g/mol. The van der Waals surface area contributed by atoms with E-state index in [9.17, 15) is 8.78 Å². The highest BCUT2D eigenvalue weighted by molar-refractivity contribution is 5.41. The van der Waals surface area contributed by atoms with Gasteiger partial charge in [-0.2, -0.15) is 5.10 Å². The molecule has 5 nitrogen and oxygen atoms in total. The number of hydrogen-bond donors (Lipinski definition) is 3. The van der Waals surface area contributed by atoms with Crippen molar-refractivity contribution in [3.63, 3.8) is 0 Å². The molecule has 1 aromatic carbocycles. The molecule has 0 aliphatic carbocycles. The summed E-state index contributed by atoms with van der Waals surface area (Å²) in [6.07, 6.45) is 1.57. The molecule has 0 saturated heterocycles. The Morgan fingerprint density at radius 3 is 2.47 bits per heavy atom. The van der Waals surface area contributed by atoms with Crippen LogP contribution < -0.4 is 17.0 Å². The predicted octanol–water partition coefficient (Wildman–Crippen LogP) is 1.03. The van der Waals surface area contributed by atoms with Gasteiger partial charge in [0.1, 0.15) is 17.5 Å². The van der Waals surface area contributed by atoms with Gasteiger partial charge in [0.2, 0.25) is 0 Å². The molecule has 102 valence electrons. The maximum absolute atomic E-state index is 13.6. The fourth-order valence-corrected chi connectivity index (χ4v) is 1.92. The fourth-order valence-electron chi connectivity index (χ4n) is 1.92. The second-order valence-corrected chi connectivity index (χ2v) is 4.23. The Kier molecular flexibility index (Phi) is 3.77. The van der Waals surface area contributed by atoms with Crippen LogP contribution in [-0.2, 0) is 13.5 Å². The number of rotatable bonds is 4. The van der Waals surface area contributed by atoms with Crippen LogP contribution in [0.25, 0.3) is 0 Å². The zero-order valence-electron chi connectivity index (χ0n) is 10.4. The first kappa shape index (κ1) is 13.4. The fraction of sp³-hybridized carbons (Fsp3) is 0.250. The summed E-state index contributed by atoms with van der Waals surface area (Å²) < 4.78 is 28.7. The van der Waals surface area contributed by atoms with E-state index in [-0.39, 0.29) is 12.0 Å². The minimum Gasteiger partial charge on any atom is -0.384 e. The van der Waals surface area contributed by atoms with E-state index in [0.29, 0.717) is 11.4 Å². The van der Waals surface area contributed by atoms with Crippen molar-refractivity contribution in [2.24, 2.45) is 12.9 Å². The minimum atomic E-state index is -0.609. The third kappa shape index (κ3) is 2.56. The number of halogens is 2. The number of nitrogens with two attached hydrogens (primary N) is 2. The molecule has 5 N–H and O–H groups in total. The zero-order valence-corrected chi connectivity index (χ0v) is 10.4. The Hall–Kier alpha value is -1.99. The molecule has 2 rings (SSSR count). The van der Waals surface area contributed by atoms with Crippen molar-refractivity contribution >= 4 is 5.82 Å². The summed E-state index contributed by atoms with van der Waals surface area (Å²) in [5.74, 6) is 4.63. The van der Waals surface area contributed by atoms with Crippen molar-refractivity contribution in [2.45, 2.75) is 12.5 Å². The number of hydrogen-bond acceptors (Lipinski definition) is 4. The van der Waals surface area contributed by atoms with E-state index in [1.807, 2.05) is 0 Å². The topological polar surface area (TPSA) is 81.9 Å². The molecule has 1 unspecified atom stereocenters. The largest absolute Gasteiger partial charge is 0.384 e. The maximum atomic E-state index is 13.6. The molecular weight excluding hydrogens is 252 g/mol. The van der Waals surface area contributed by atoms with Gasteiger partial charge in [-0.1, -0.05) is 6.07 Å². The summed E-state index contributed by atoms with van der Waals surface area (Å²) >= 11 is 0. The lowest BCUT2D eigenvalue weighted by atomic mass is 10.0. The third-order valence-electron chi connectivity index (χ3n) is 3.06. The van der Waals surface area contributed by atoms with Crippen molar-refractivity contribution in [3.05, 3.63) is 47.2 Å². The van der Waals surface area contributed by atoms with E-state index in [4.69, 9.17) is 11.6 Å². The lowest BCUT2D eigenvalue weighted by Gasteiger charge is -2.16. The van der Waals surface area contributed by atoms with E-state index in [2.05, 4.69) is 10.5 Å². The summed E-state index contributed by atoms with van der Waals surface area (Å²) in [7, 11) is 1.68. The van der Waals surface area contributed by atoms with E-state index < -0.39 is 17.7 Å². The van der Waals surface area contributed by atoms with Gasteiger partial charge in [0.15, 0.2) is 0 Å². The number of nitrogen functional groups attached to an aromatic ring is 1. The molecule has 1 atom stereocenters. The molecule has 19 heavy (non-hydrogen) atoms. The van der Waals surface area contributed by atoms with Gasteiger partial charge in [-0.15, -0.1) is 0 Å². The summed E-state index contributed by atoms with van der Waals surface area (Å²) in [5, 5.41) is 3.98. The van der Waals surface area contributed by atoms with Crippen molar-refractivity contribution in [1.29, 1.82) is 0 Å². The summed E-state index contributed by atoms with van der Waals surface area (Å²) in [6.45, 7) is 0. The Bertz CT molecular complexity index is 561. The molecule has 1 heterocycles. The van der Waals surface area contributed by atoms with Crippen LogP contribution in [-0.4, -0.2) is 9.78 Å². The van der Waals surface area contributed by atoms with E-state index in [1.54, 1.807) is 7.05 Å². The Morgan fingerprint density at radius 1 is 1.37 bits per heavy atom. The Labute approximate surface area is 109 Å². The molecule has 0 aliphatic heterocycles. The molecule has 0 aliphatic rings. The SMILES string of the molecule is Cn1ncc(C(Cc2c(F)cccc2F)NN)c1N. The van der Waals surface area contributed by atoms with Crippen LogP contribution in [0.3, 0.4) is 0 Å². The Morgan fingerprint density at radius 2 is 2.00 bits per heavy atom. The lowest BCUT2D eigenvalue weighted by Crippen LogP contribution is -2.30. The molecule has 0 bridgehead atoms. The molecule has 0 fully saturated rings. The summed E-state index contributed by atoms with van der Waals surface area (Å²) in [6, 6.07) is 3.22. The van der Waals surface area contributed by atoms with Gasteiger partial charge < -0.3 is 5.73 Å². The Balaban J connectivity index is 2.32. The number of nitrogens with one attached hydrogen (secondary N) is 1. The van der Waals surface area contributed by atoms with Crippen molar-refractivity contribution in [1.82, 2.24) is 15.2 Å². The van der Waals surface area contributed by atoms with Crippen LogP contribution in [0.2, 0.25) is 0 Å². The van der Waals surface area contributed by atoms with Crippen LogP contribution in [0, 0.1) is 11.6 Å². The van der Waals surface area contributed by atoms with Gasteiger partial charge in [0, 0.05) is 18.2 Å². The van der Waals surface area contributed by atoms with Crippen LogP contribution in [0.5, 0.6) is 0 Å². The average molecular weight is 267 g/mol. The molecule has 1 aromatic heterocycles. The van der Waals surface area contributed by atoms with Crippen LogP contribution in [0.4, 0.5) is 14.6 Å². The van der Waals surface area contributed by atoms with E-state index >= 15 is 0 Å². The normalized spacial score (nSPS) is 12.6. The summed E-state index contributed by atoms with van der Waals surface area (Å²) in [5.41, 5.74) is 8.91. The van der Waals surface area contributed by atoms with Crippen LogP contribution in [0.1, 0.15) is 17.2 Å². The van der Waals surface area contributed by atoms with Crippen LogP contribution in [0.15, 0.2) is 24.4 Å². The van der Waals surface area contributed by atoms with Crippen LogP contribution >= 0.6 is 0 Å². The quantitative estimate of drug-likeness (QED) is 0.571. The number of benzene rings is 1. The second kappa shape index (κ2) is 5.33. The molecule has 7 heteroatoms. The smallest absolute Gasteiger partial charge is 0.129 e. The van der Waals surface area contributed by atoms with E-state index in [0.717, 1.165) is 0 Å². The third-order valence-corrected chi connectivity index (χ3v) is 3.06. The zero-order chi connectivity index (χ0) is 14.0. The molecule has 2 aromatic rings. The maximum Gasteiger partial charge on any atom is 0.129 e. The first-order valence-electron chi connectivity index (χ1n) is 5.71. The number of anilines is 1. The second-order valence-electron chi connectivity index (χ2n) is 4.23. The summed E-state index contributed by atoms with van der Waals surface area (Å²) in [4.78, 5) is 0. The van der Waals surface area contributed by atoms with Crippen molar-refractivity contribution in [2.75, 3.05) is 5.73 Å². The minimum absolute atomic E-state index is 0.0336. The number of hydrazine groups is 1. The van der Waals surface area contributed by atoms with Gasteiger partial charge in [0.25, 0.3) is 0 Å². The number of aromatic nitrogens is 2. The van der Waals surface area contributed by atoms with Gasteiger partial charge in [-0.05, 0) is 18.6 Å². The predicted molar refractivity (Wildman–Crippen MR) is 67.7 cm³/mol. The number of aryl methyl sites for hydroxylation is 1. The number of nitrogens with zero attached hydrogens (tertiary/aromatic N) is 2. The first-order valence-corrected chi connectivity index (χ1v) is 5.71. The lowest BCUT2D eigenvalue weighted by molar-refractivity contribution is 0.500. The molecule has 0 radical (unpaired) electrons. The van der Waals surface area contributed by atoms with Gasteiger partial charge in [-0.3, -0.25) is 16.0 Å². The highest BCUT2D eigenvalue weighted by Crippen LogP contribution is 2.25. The standard InChI is InChI=1S/C12H15F2N5/c1-19-12(15)8(6-17-19)11(18-16)5-7-9(13)3-2-4-10(7)14/h2-4,6,11,18H,5,15-16H2,1H3. The molecule has 0 amide bonds. The molecule has 0 spiro atoms. The average Bonchev–Trinajstić information content (AvgIpc) is 2.71. The van der Waals surface area contributed by atoms with Crippen molar-refractivity contribution in [3.8, 4) is 0 Å². The van der Waals surface area contributed by atoms with Gasteiger partial charge >= 0.3 is 0 Å². The van der Waals surface area contributed by atoms with Gasteiger partial charge in [-0.25, -0.2) is 8.78 Å². The molecular formula is C12H15F2N5. The highest BCUT2D eigenvalue weighted by atomic mass is 19.1. The highest BCUT2D eigenvalue weighted by Gasteiger charge is 2.20.